The SMILES string of the molecule is CC(=O)N1CCc2c(nc(C3CCCCN3C(=O)c3cccnc3)[nH]c2=O)C1. The van der Waals surface area contributed by atoms with Gasteiger partial charge in [-0.15, -0.1) is 0 Å². The van der Waals surface area contributed by atoms with Crippen molar-refractivity contribution >= 4 is 11.8 Å². The van der Waals surface area contributed by atoms with E-state index in [-0.39, 0.29) is 23.4 Å². The van der Waals surface area contributed by atoms with E-state index < -0.39 is 0 Å². The zero-order chi connectivity index (χ0) is 19.7. The van der Waals surface area contributed by atoms with Gasteiger partial charge in [0.1, 0.15) is 5.82 Å². The molecule has 0 saturated carbocycles. The number of carbonyl (C=O) groups excluding carboxylic acids is 2. The highest BCUT2D eigenvalue weighted by atomic mass is 16.2. The molecule has 8 nitrogen and oxygen atoms in total. The predicted molar refractivity (Wildman–Crippen MR) is 102 cm³/mol. The lowest BCUT2D eigenvalue weighted by atomic mass is 9.99. The molecule has 1 N–H and O–H groups in total. The average Bonchev–Trinajstić information content (AvgIpc) is 2.73. The van der Waals surface area contributed by atoms with Crippen molar-refractivity contribution in [3.05, 3.63) is 57.5 Å². The minimum Gasteiger partial charge on any atom is -0.337 e. The minimum atomic E-state index is -0.285. The third kappa shape index (κ3) is 3.42. The maximum absolute atomic E-state index is 13.0. The first kappa shape index (κ1) is 18.3. The lowest BCUT2D eigenvalue weighted by Crippen LogP contribution is -2.42. The number of rotatable bonds is 2. The van der Waals surface area contributed by atoms with Crippen LogP contribution in [0.2, 0.25) is 0 Å². The fraction of sp³-hybridized carbons (Fsp3) is 0.450. The Bertz CT molecular complexity index is 956. The molecule has 0 aromatic carbocycles. The van der Waals surface area contributed by atoms with E-state index in [1.165, 1.54) is 6.92 Å². The van der Waals surface area contributed by atoms with Gasteiger partial charge in [0.25, 0.3) is 11.5 Å². The van der Waals surface area contributed by atoms with Gasteiger partial charge in [-0.25, -0.2) is 4.98 Å². The van der Waals surface area contributed by atoms with Crippen molar-refractivity contribution in [1.29, 1.82) is 0 Å². The van der Waals surface area contributed by atoms with Gasteiger partial charge in [0.15, 0.2) is 0 Å². The first-order chi connectivity index (χ1) is 13.5. The van der Waals surface area contributed by atoms with Gasteiger partial charge in [-0.3, -0.25) is 19.4 Å². The van der Waals surface area contributed by atoms with Crippen molar-refractivity contribution in [3.8, 4) is 0 Å². The molecule has 0 spiro atoms. The molecule has 8 heteroatoms. The molecule has 2 aliphatic heterocycles. The number of H-pyrrole nitrogens is 1. The van der Waals surface area contributed by atoms with Gasteiger partial charge in [0.05, 0.1) is 23.8 Å². The van der Waals surface area contributed by atoms with E-state index in [2.05, 4.69) is 9.97 Å². The predicted octanol–water partition coefficient (Wildman–Crippen LogP) is 1.44. The molecule has 2 aromatic rings. The van der Waals surface area contributed by atoms with Crippen LogP contribution in [0.3, 0.4) is 0 Å². The molecule has 1 saturated heterocycles. The second-order valence-electron chi connectivity index (χ2n) is 7.32. The maximum Gasteiger partial charge on any atom is 0.256 e. The Balaban J connectivity index is 1.68. The highest BCUT2D eigenvalue weighted by Crippen LogP contribution is 2.30. The van der Waals surface area contributed by atoms with Crippen molar-refractivity contribution in [1.82, 2.24) is 24.8 Å². The molecule has 2 amide bonds. The number of hydrogen-bond acceptors (Lipinski definition) is 5. The molecule has 28 heavy (non-hydrogen) atoms. The van der Waals surface area contributed by atoms with Crippen molar-refractivity contribution in [3.63, 3.8) is 0 Å². The van der Waals surface area contributed by atoms with E-state index in [1.807, 2.05) is 0 Å². The Morgan fingerprint density at radius 2 is 2.11 bits per heavy atom. The molecular formula is C20H23N5O3. The highest BCUT2D eigenvalue weighted by Gasteiger charge is 2.32. The van der Waals surface area contributed by atoms with Gasteiger partial charge in [0, 0.05) is 38.0 Å². The summed E-state index contributed by atoms with van der Waals surface area (Å²) < 4.78 is 0. The third-order valence-electron chi connectivity index (χ3n) is 5.52. The number of nitrogens with one attached hydrogen (secondary N) is 1. The topological polar surface area (TPSA) is 99.3 Å². The Labute approximate surface area is 162 Å². The number of pyridine rings is 1. The standard InChI is InChI=1S/C20H23N5O3/c1-13(26)24-10-7-15-16(12-24)22-18(23-19(15)27)17-6-2-3-9-25(17)20(28)14-5-4-8-21-11-14/h4-5,8,11,17H,2-3,6-7,9-10,12H2,1H3,(H,22,23,27). The summed E-state index contributed by atoms with van der Waals surface area (Å²) in [4.78, 5) is 52.5. The van der Waals surface area contributed by atoms with Gasteiger partial charge < -0.3 is 14.8 Å². The summed E-state index contributed by atoms with van der Waals surface area (Å²) in [6, 6.07) is 3.20. The lowest BCUT2D eigenvalue weighted by Gasteiger charge is -2.35. The zero-order valence-corrected chi connectivity index (χ0v) is 15.9. The molecule has 1 atom stereocenters. The second-order valence-corrected chi connectivity index (χ2v) is 7.32. The first-order valence-corrected chi connectivity index (χ1v) is 9.63. The number of piperidine rings is 1. The second kappa shape index (κ2) is 7.53. The number of likely N-dealkylation sites (tertiary alicyclic amines) is 1. The van der Waals surface area contributed by atoms with E-state index in [1.54, 1.807) is 34.3 Å². The van der Waals surface area contributed by atoms with E-state index in [4.69, 9.17) is 4.98 Å². The summed E-state index contributed by atoms with van der Waals surface area (Å²) in [7, 11) is 0. The summed E-state index contributed by atoms with van der Waals surface area (Å²) in [6.45, 7) is 3.00. The molecule has 2 aromatic heterocycles. The Kier molecular flexibility index (Phi) is 4.93. The summed E-state index contributed by atoms with van der Waals surface area (Å²) in [5.74, 6) is 0.370. The molecule has 0 radical (unpaired) electrons. The van der Waals surface area contributed by atoms with E-state index in [0.717, 1.165) is 19.3 Å². The maximum atomic E-state index is 13.0. The molecule has 1 unspecified atom stereocenters. The van der Waals surface area contributed by atoms with Crippen LogP contribution >= 0.6 is 0 Å². The molecule has 0 bridgehead atoms. The van der Waals surface area contributed by atoms with Crippen molar-refractivity contribution in [2.45, 2.75) is 45.2 Å². The number of hydrogen-bond donors (Lipinski definition) is 1. The van der Waals surface area contributed by atoms with Crippen LogP contribution in [-0.4, -0.2) is 49.7 Å². The van der Waals surface area contributed by atoms with Crippen LogP contribution in [0.15, 0.2) is 29.3 Å². The largest absolute Gasteiger partial charge is 0.337 e. The number of aromatic amines is 1. The summed E-state index contributed by atoms with van der Waals surface area (Å²) in [6.07, 6.45) is 6.30. The quantitative estimate of drug-likeness (QED) is 0.849. The van der Waals surface area contributed by atoms with Crippen molar-refractivity contribution in [2.75, 3.05) is 13.1 Å². The van der Waals surface area contributed by atoms with E-state index in [0.29, 0.717) is 48.7 Å². The number of carbonyl (C=O) groups is 2. The van der Waals surface area contributed by atoms with Crippen molar-refractivity contribution in [2.24, 2.45) is 0 Å². The molecule has 1 fully saturated rings. The van der Waals surface area contributed by atoms with Crippen LogP contribution < -0.4 is 5.56 Å². The summed E-state index contributed by atoms with van der Waals surface area (Å²) in [5.41, 5.74) is 1.64. The highest BCUT2D eigenvalue weighted by molar-refractivity contribution is 5.94. The Morgan fingerprint density at radius 3 is 2.86 bits per heavy atom. The molecule has 2 aliphatic rings. The monoisotopic (exact) mass is 381 g/mol. The van der Waals surface area contributed by atoms with Gasteiger partial charge in [-0.1, -0.05) is 0 Å². The fourth-order valence-corrected chi connectivity index (χ4v) is 4.00. The molecule has 0 aliphatic carbocycles. The Hall–Kier alpha value is -3.03. The summed E-state index contributed by atoms with van der Waals surface area (Å²) in [5, 5.41) is 0. The van der Waals surface area contributed by atoms with E-state index in [9.17, 15) is 14.4 Å². The molecular weight excluding hydrogens is 358 g/mol. The molecule has 146 valence electrons. The number of nitrogens with zero attached hydrogens (tertiary/aromatic N) is 4. The van der Waals surface area contributed by atoms with Crippen LogP contribution in [0.5, 0.6) is 0 Å². The van der Waals surface area contributed by atoms with Gasteiger partial charge in [-0.05, 0) is 37.8 Å². The van der Waals surface area contributed by atoms with Crippen molar-refractivity contribution < 1.29 is 9.59 Å². The lowest BCUT2D eigenvalue weighted by molar-refractivity contribution is -0.129. The van der Waals surface area contributed by atoms with Crippen LogP contribution in [-0.2, 0) is 17.8 Å². The van der Waals surface area contributed by atoms with Crippen LogP contribution in [0.1, 0.15) is 59.7 Å². The molecule has 4 heterocycles. The van der Waals surface area contributed by atoms with E-state index >= 15 is 0 Å². The minimum absolute atomic E-state index is 0.0275. The Morgan fingerprint density at radius 1 is 1.25 bits per heavy atom. The van der Waals surface area contributed by atoms with Crippen LogP contribution in [0, 0.1) is 0 Å². The van der Waals surface area contributed by atoms with Gasteiger partial charge in [-0.2, -0.15) is 0 Å². The third-order valence-corrected chi connectivity index (χ3v) is 5.52. The normalized spacial score (nSPS) is 19.2. The fourth-order valence-electron chi connectivity index (χ4n) is 4.00. The number of aromatic nitrogens is 3. The smallest absolute Gasteiger partial charge is 0.256 e. The van der Waals surface area contributed by atoms with Gasteiger partial charge in [0.2, 0.25) is 5.91 Å². The zero-order valence-electron chi connectivity index (χ0n) is 15.9. The van der Waals surface area contributed by atoms with Crippen LogP contribution in [0.25, 0.3) is 0 Å². The summed E-state index contributed by atoms with van der Waals surface area (Å²) >= 11 is 0. The number of fused-ring (bicyclic) bond motifs is 1. The molecule has 4 rings (SSSR count). The van der Waals surface area contributed by atoms with Crippen LogP contribution in [0.4, 0.5) is 0 Å². The average molecular weight is 381 g/mol. The van der Waals surface area contributed by atoms with Gasteiger partial charge >= 0.3 is 0 Å². The number of amides is 2. The first-order valence-electron chi connectivity index (χ1n) is 9.63.